The molecule has 0 spiro atoms. The molecule has 0 aliphatic rings. The molecule has 0 fully saturated rings. The van der Waals surface area contributed by atoms with Crippen LogP contribution in [0, 0.1) is 0 Å². The highest BCUT2D eigenvalue weighted by Gasteiger charge is 2.10. The van der Waals surface area contributed by atoms with Gasteiger partial charge in [-0.2, -0.15) is 0 Å². The minimum atomic E-state index is -0.883. The molecule has 16 heavy (non-hydrogen) atoms. The van der Waals surface area contributed by atoms with Crippen LogP contribution < -0.4 is 0 Å². The summed E-state index contributed by atoms with van der Waals surface area (Å²) in [5.41, 5.74) is 2.28. The van der Waals surface area contributed by atoms with Crippen molar-refractivity contribution < 1.29 is 9.90 Å². The number of aromatic carboxylic acids is 1. The number of nitrogens with one attached hydrogen (secondary N) is 1. The van der Waals surface area contributed by atoms with Crippen LogP contribution in [0.25, 0.3) is 0 Å². The first-order valence-electron chi connectivity index (χ1n) is 5.06. The summed E-state index contributed by atoms with van der Waals surface area (Å²) in [7, 11) is 0. The minimum Gasteiger partial charge on any atom is -0.478 e. The fourth-order valence-corrected chi connectivity index (χ4v) is 1.63. The van der Waals surface area contributed by atoms with Crippen molar-refractivity contribution in [3.8, 4) is 0 Å². The second-order valence-corrected chi connectivity index (χ2v) is 3.53. The van der Waals surface area contributed by atoms with Gasteiger partial charge in [0.05, 0.1) is 5.56 Å². The van der Waals surface area contributed by atoms with Crippen LogP contribution in [-0.2, 0) is 12.8 Å². The van der Waals surface area contributed by atoms with Crippen molar-refractivity contribution in [1.82, 2.24) is 9.97 Å². The topological polar surface area (TPSA) is 66.0 Å². The Morgan fingerprint density at radius 1 is 1.25 bits per heavy atom. The lowest BCUT2D eigenvalue weighted by Crippen LogP contribution is -2.01. The zero-order valence-corrected chi connectivity index (χ0v) is 8.68. The lowest BCUT2D eigenvalue weighted by atomic mass is 10.1. The molecular formula is C12H12N2O2. The van der Waals surface area contributed by atoms with E-state index in [9.17, 15) is 4.79 Å². The second kappa shape index (κ2) is 4.61. The first-order chi connectivity index (χ1) is 7.77. The molecule has 0 radical (unpaired) electrons. The van der Waals surface area contributed by atoms with Gasteiger partial charge in [0.15, 0.2) is 0 Å². The molecule has 2 aromatic rings. The number of nitrogens with zero attached hydrogens (tertiary/aromatic N) is 1. The molecule has 82 valence electrons. The summed E-state index contributed by atoms with van der Waals surface area (Å²) in [6.07, 6.45) is 6.64. The second-order valence-electron chi connectivity index (χ2n) is 3.53. The zero-order valence-electron chi connectivity index (χ0n) is 8.68. The number of rotatable bonds is 4. The number of carbonyl (C=O) groups is 1. The predicted octanol–water partition coefficient (Wildman–Crippen LogP) is 1.89. The number of carboxylic acids is 1. The molecule has 0 saturated carbocycles. The monoisotopic (exact) mass is 216 g/mol. The molecule has 2 heterocycles. The smallest absolute Gasteiger partial charge is 0.337 e. The van der Waals surface area contributed by atoms with E-state index in [0.717, 1.165) is 17.7 Å². The van der Waals surface area contributed by atoms with Crippen molar-refractivity contribution in [2.45, 2.75) is 12.8 Å². The quantitative estimate of drug-likeness (QED) is 0.820. The summed E-state index contributed by atoms with van der Waals surface area (Å²) < 4.78 is 0. The van der Waals surface area contributed by atoms with Gasteiger partial charge in [0.2, 0.25) is 0 Å². The number of hydrogen-bond donors (Lipinski definition) is 2. The summed E-state index contributed by atoms with van der Waals surface area (Å²) in [6, 6.07) is 5.46. The molecule has 4 heteroatoms. The van der Waals surface area contributed by atoms with E-state index in [0.29, 0.717) is 12.0 Å². The van der Waals surface area contributed by atoms with Crippen molar-refractivity contribution >= 4 is 5.97 Å². The van der Waals surface area contributed by atoms with Gasteiger partial charge in [0.1, 0.15) is 0 Å². The number of pyridine rings is 1. The predicted molar refractivity (Wildman–Crippen MR) is 59.4 cm³/mol. The van der Waals surface area contributed by atoms with Gasteiger partial charge >= 0.3 is 5.97 Å². The van der Waals surface area contributed by atoms with Crippen molar-refractivity contribution in [1.29, 1.82) is 0 Å². The Kier molecular flexibility index (Phi) is 3.00. The van der Waals surface area contributed by atoms with Crippen LogP contribution in [0.15, 0.2) is 36.8 Å². The van der Waals surface area contributed by atoms with E-state index in [2.05, 4.69) is 9.97 Å². The van der Waals surface area contributed by atoms with Gasteiger partial charge < -0.3 is 10.1 Å². The van der Waals surface area contributed by atoms with Gasteiger partial charge in [-0.25, -0.2) is 4.79 Å². The van der Waals surface area contributed by atoms with E-state index in [-0.39, 0.29) is 0 Å². The number of carboxylic acid groups (broad SMARTS) is 1. The standard InChI is InChI=1S/C12H12N2O2/c15-12(16)10-5-8-14-11(10)2-1-9-3-6-13-7-4-9/h3-8,14H,1-2H2,(H,15,16). The molecule has 2 aromatic heterocycles. The van der Waals surface area contributed by atoms with Crippen LogP contribution in [0.1, 0.15) is 21.6 Å². The van der Waals surface area contributed by atoms with Crippen LogP contribution in [0.4, 0.5) is 0 Å². The summed E-state index contributed by atoms with van der Waals surface area (Å²) in [4.78, 5) is 17.8. The Morgan fingerprint density at radius 2 is 2.00 bits per heavy atom. The normalized spacial score (nSPS) is 10.2. The van der Waals surface area contributed by atoms with Crippen molar-refractivity contribution in [2.24, 2.45) is 0 Å². The molecule has 0 atom stereocenters. The molecular weight excluding hydrogens is 204 g/mol. The molecule has 0 unspecified atom stereocenters. The first-order valence-corrected chi connectivity index (χ1v) is 5.06. The lowest BCUT2D eigenvalue weighted by Gasteiger charge is -2.01. The summed E-state index contributed by atoms with van der Waals surface area (Å²) in [5, 5.41) is 8.92. The third kappa shape index (κ3) is 2.28. The largest absolute Gasteiger partial charge is 0.478 e. The number of aryl methyl sites for hydroxylation is 2. The van der Waals surface area contributed by atoms with Gasteiger partial charge in [0, 0.05) is 24.3 Å². The van der Waals surface area contributed by atoms with Crippen LogP contribution in [0.5, 0.6) is 0 Å². The third-order valence-corrected chi connectivity index (χ3v) is 2.48. The number of hydrogen-bond acceptors (Lipinski definition) is 2. The molecule has 0 aliphatic carbocycles. The van der Waals surface area contributed by atoms with Gasteiger partial charge in [0.25, 0.3) is 0 Å². The lowest BCUT2D eigenvalue weighted by molar-refractivity contribution is 0.0696. The molecule has 4 nitrogen and oxygen atoms in total. The molecule has 2 N–H and O–H groups in total. The van der Waals surface area contributed by atoms with E-state index < -0.39 is 5.97 Å². The third-order valence-electron chi connectivity index (χ3n) is 2.48. The maximum absolute atomic E-state index is 10.9. The van der Waals surface area contributed by atoms with Crippen LogP contribution in [0.3, 0.4) is 0 Å². The van der Waals surface area contributed by atoms with Gasteiger partial charge in [-0.15, -0.1) is 0 Å². The van der Waals surface area contributed by atoms with Crippen molar-refractivity contribution in [2.75, 3.05) is 0 Å². The molecule has 0 amide bonds. The average molecular weight is 216 g/mol. The maximum Gasteiger partial charge on any atom is 0.337 e. The molecule has 0 aliphatic heterocycles. The van der Waals surface area contributed by atoms with E-state index in [1.54, 1.807) is 24.7 Å². The highest BCUT2D eigenvalue weighted by molar-refractivity contribution is 5.88. The number of H-pyrrole nitrogens is 1. The van der Waals surface area contributed by atoms with E-state index in [1.807, 2.05) is 12.1 Å². The van der Waals surface area contributed by atoms with E-state index in [1.165, 1.54) is 0 Å². The van der Waals surface area contributed by atoms with Crippen LogP contribution in [0.2, 0.25) is 0 Å². The average Bonchev–Trinajstić information content (AvgIpc) is 2.76. The Morgan fingerprint density at radius 3 is 2.69 bits per heavy atom. The van der Waals surface area contributed by atoms with Gasteiger partial charge in [-0.05, 0) is 36.6 Å². The fourth-order valence-electron chi connectivity index (χ4n) is 1.63. The molecule has 0 aromatic carbocycles. The number of aromatic nitrogens is 2. The first kappa shape index (κ1) is 10.4. The Labute approximate surface area is 93.0 Å². The highest BCUT2D eigenvalue weighted by atomic mass is 16.4. The highest BCUT2D eigenvalue weighted by Crippen LogP contribution is 2.10. The molecule has 0 bridgehead atoms. The van der Waals surface area contributed by atoms with Crippen LogP contribution in [-0.4, -0.2) is 21.0 Å². The van der Waals surface area contributed by atoms with Gasteiger partial charge in [-0.3, -0.25) is 4.98 Å². The SMILES string of the molecule is O=C(O)c1cc[nH]c1CCc1ccncc1. The Balaban J connectivity index is 2.05. The van der Waals surface area contributed by atoms with Crippen molar-refractivity contribution in [3.05, 3.63) is 53.6 Å². The maximum atomic E-state index is 10.9. The summed E-state index contributed by atoms with van der Waals surface area (Å²) in [5.74, 6) is -0.883. The Hall–Kier alpha value is -2.10. The molecule has 2 rings (SSSR count). The van der Waals surface area contributed by atoms with Crippen LogP contribution >= 0.6 is 0 Å². The minimum absolute atomic E-state index is 0.356. The summed E-state index contributed by atoms with van der Waals surface area (Å²) >= 11 is 0. The summed E-state index contributed by atoms with van der Waals surface area (Å²) in [6.45, 7) is 0. The Bertz CT molecular complexity index is 477. The van der Waals surface area contributed by atoms with Crippen molar-refractivity contribution in [3.63, 3.8) is 0 Å². The van der Waals surface area contributed by atoms with Gasteiger partial charge in [-0.1, -0.05) is 0 Å². The molecule has 0 saturated heterocycles. The van der Waals surface area contributed by atoms with E-state index >= 15 is 0 Å². The van der Waals surface area contributed by atoms with E-state index in [4.69, 9.17) is 5.11 Å². The number of aromatic amines is 1. The fraction of sp³-hybridized carbons (Fsp3) is 0.167. The zero-order chi connectivity index (χ0) is 11.4.